The van der Waals surface area contributed by atoms with Crippen LogP contribution in [-0.2, 0) is 4.74 Å². The Kier molecular flexibility index (Phi) is 6.82. The number of fused-ring (bicyclic) bond motifs is 1. The van der Waals surface area contributed by atoms with Crippen LogP contribution in [0.4, 0.5) is 17.5 Å². The van der Waals surface area contributed by atoms with Crippen molar-refractivity contribution in [3.8, 4) is 0 Å². The van der Waals surface area contributed by atoms with Crippen LogP contribution in [0.2, 0.25) is 0 Å². The summed E-state index contributed by atoms with van der Waals surface area (Å²) in [4.78, 5) is 13.3. The van der Waals surface area contributed by atoms with Crippen molar-refractivity contribution in [2.45, 2.75) is 63.6 Å². The molecule has 6 rings (SSSR count). The summed E-state index contributed by atoms with van der Waals surface area (Å²) in [5.74, 6) is 1.48. The van der Waals surface area contributed by atoms with E-state index in [1.54, 1.807) is 0 Å². The standard InChI is InChI=1S/C24H35N9OS/c1-16-21-22(27-17-2-4-19(5-3-17)32-10-8-25-9-11-32)29-24(30-23(21)35-31-16)28-18-14-26-33(15-18)20-6-12-34-13-7-20/h14-15,17,19-20,25H,2-13H2,1H3,(H2,27,28,29,30). The summed E-state index contributed by atoms with van der Waals surface area (Å²) in [5.41, 5.74) is 1.89. The largest absolute Gasteiger partial charge is 0.381 e. The zero-order valence-corrected chi connectivity index (χ0v) is 21.2. The Balaban J connectivity index is 1.15. The number of aromatic nitrogens is 5. The fourth-order valence-corrected chi connectivity index (χ4v) is 6.43. The molecular formula is C24H35N9OS. The van der Waals surface area contributed by atoms with E-state index in [1.807, 2.05) is 24.0 Å². The third-order valence-electron chi connectivity index (χ3n) is 7.63. The monoisotopic (exact) mass is 497 g/mol. The number of nitrogens with zero attached hydrogens (tertiary/aromatic N) is 6. The number of aryl methyl sites for hydroxylation is 1. The Labute approximate surface area is 210 Å². The minimum atomic E-state index is 0.389. The molecule has 0 spiro atoms. The summed E-state index contributed by atoms with van der Waals surface area (Å²) < 4.78 is 12.1. The molecule has 0 unspecified atom stereocenters. The highest BCUT2D eigenvalue weighted by Gasteiger charge is 2.27. The van der Waals surface area contributed by atoms with Gasteiger partial charge in [-0.2, -0.15) is 19.4 Å². The molecule has 0 bridgehead atoms. The lowest BCUT2D eigenvalue weighted by molar-refractivity contribution is 0.0662. The van der Waals surface area contributed by atoms with E-state index in [9.17, 15) is 0 Å². The Bertz CT molecular complexity index is 1130. The van der Waals surface area contributed by atoms with Gasteiger partial charge >= 0.3 is 0 Å². The molecule has 35 heavy (non-hydrogen) atoms. The van der Waals surface area contributed by atoms with Gasteiger partial charge in [0.1, 0.15) is 5.82 Å². The lowest BCUT2D eigenvalue weighted by Crippen LogP contribution is -2.50. The molecule has 0 radical (unpaired) electrons. The van der Waals surface area contributed by atoms with Gasteiger partial charge in [0.25, 0.3) is 0 Å². The molecule has 0 aromatic carbocycles. The van der Waals surface area contributed by atoms with Crippen LogP contribution in [0.5, 0.6) is 0 Å². The summed E-state index contributed by atoms with van der Waals surface area (Å²) in [6.45, 7) is 8.22. The van der Waals surface area contributed by atoms with Crippen molar-refractivity contribution < 1.29 is 4.74 Å². The average Bonchev–Trinajstić information content (AvgIpc) is 3.52. The maximum absolute atomic E-state index is 5.49. The van der Waals surface area contributed by atoms with E-state index in [-0.39, 0.29) is 0 Å². The van der Waals surface area contributed by atoms with Crippen LogP contribution in [0.3, 0.4) is 0 Å². The predicted molar refractivity (Wildman–Crippen MR) is 139 cm³/mol. The first-order valence-corrected chi connectivity index (χ1v) is 13.7. The fourth-order valence-electron chi connectivity index (χ4n) is 5.66. The molecule has 188 valence electrons. The second-order valence-corrected chi connectivity index (χ2v) is 10.7. The van der Waals surface area contributed by atoms with Crippen LogP contribution in [-0.4, -0.2) is 80.5 Å². The van der Waals surface area contributed by atoms with Crippen LogP contribution >= 0.6 is 11.5 Å². The Morgan fingerprint density at radius 1 is 1.03 bits per heavy atom. The van der Waals surface area contributed by atoms with Gasteiger partial charge in [0.15, 0.2) is 4.83 Å². The lowest BCUT2D eigenvalue weighted by Gasteiger charge is -2.39. The third-order valence-corrected chi connectivity index (χ3v) is 8.47. The van der Waals surface area contributed by atoms with Gasteiger partial charge < -0.3 is 20.7 Å². The smallest absolute Gasteiger partial charge is 0.230 e. The second kappa shape index (κ2) is 10.3. The van der Waals surface area contributed by atoms with Gasteiger partial charge in [-0.05, 0) is 57.0 Å². The van der Waals surface area contributed by atoms with Crippen molar-refractivity contribution in [1.29, 1.82) is 0 Å². The second-order valence-electron chi connectivity index (χ2n) is 9.96. The average molecular weight is 498 g/mol. The summed E-state index contributed by atoms with van der Waals surface area (Å²) in [5, 5.41) is 16.2. The normalized spacial score (nSPS) is 24.6. The molecule has 3 fully saturated rings. The minimum absolute atomic E-state index is 0.389. The first-order valence-electron chi connectivity index (χ1n) is 13.0. The van der Waals surface area contributed by atoms with Crippen LogP contribution < -0.4 is 16.0 Å². The minimum Gasteiger partial charge on any atom is -0.381 e. The molecule has 0 atom stereocenters. The third kappa shape index (κ3) is 5.13. The van der Waals surface area contributed by atoms with Crippen LogP contribution in [0.25, 0.3) is 10.2 Å². The quantitative estimate of drug-likeness (QED) is 0.473. The van der Waals surface area contributed by atoms with E-state index in [4.69, 9.17) is 14.7 Å². The van der Waals surface area contributed by atoms with Crippen molar-refractivity contribution >= 4 is 39.2 Å². The fraction of sp³-hybridized carbons (Fsp3) is 0.667. The molecule has 2 aliphatic heterocycles. The number of piperazine rings is 1. The van der Waals surface area contributed by atoms with Crippen molar-refractivity contribution in [3.05, 3.63) is 18.1 Å². The summed E-state index contributed by atoms with van der Waals surface area (Å²) >= 11 is 1.43. The molecule has 3 aromatic rings. The van der Waals surface area contributed by atoms with E-state index >= 15 is 0 Å². The zero-order chi connectivity index (χ0) is 23.6. The summed E-state index contributed by atoms with van der Waals surface area (Å²) in [7, 11) is 0. The Hall–Kier alpha value is -2.34. The van der Waals surface area contributed by atoms with Crippen molar-refractivity contribution in [2.75, 3.05) is 50.0 Å². The number of ether oxygens (including phenoxy) is 1. The van der Waals surface area contributed by atoms with Gasteiger partial charge in [0.2, 0.25) is 5.95 Å². The molecule has 3 N–H and O–H groups in total. The number of anilines is 3. The molecule has 0 amide bonds. The van der Waals surface area contributed by atoms with Gasteiger partial charge in [0, 0.05) is 57.7 Å². The Morgan fingerprint density at radius 3 is 2.63 bits per heavy atom. The molecule has 3 aromatic heterocycles. The van der Waals surface area contributed by atoms with Crippen LogP contribution in [0.1, 0.15) is 50.3 Å². The molecule has 1 saturated carbocycles. The predicted octanol–water partition coefficient (Wildman–Crippen LogP) is 3.31. The lowest BCUT2D eigenvalue weighted by atomic mass is 9.89. The highest BCUT2D eigenvalue weighted by atomic mass is 32.1. The Morgan fingerprint density at radius 2 is 1.83 bits per heavy atom. The number of hydrogen-bond donors (Lipinski definition) is 3. The van der Waals surface area contributed by atoms with Gasteiger partial charge in [-0.3, -0.25) is 9.58 Å². The van der Waals surface area contributed by atoms with Crippen molar-refractivity contribution in [3.63, 3.8) is 0 Å². The van der Waals surface area contributed by atoms with Gasteiger partial charge in [-0.25, -0.2) is 0 Å². The summed E-state index contributed by atoms with van der Waals surface area (Å²) in [6.07, 6.45) is 10.7. The molecule has 5 heterocycles. The molecular weight excluding hydrogens is 462 g/mol. The zero-order valence-electron chi connectivity index (χ0n) is 20.4. The molecule has 10 nitrogen and oxygen atoms in total. The highest BCUT2D eigenvalue weighted by Crippen LogP contribution is 2.32. The SMILES string of the molecule is Cc1nsc2nc(Nc3cnn(C4CCOCC4)c3)nc(NC3CCC(N4CCNCC4)CC3)c12. The topological polar surface area (TPSA) is 105 Å². The van der Waals surface area contributed by atoms with E-state index in [0.717, 1.165) is 85.4 Å². The molecule has 2 saturated heterocycles. The molecule has 3 aliphatic rings. The molecule has 11 heteroatoms. The molecule has 1 aliphatic carbocycles. The van der Waals surface area contributed by atoms with E-state index in [1.165, 1.54) is 37.5 Å². The van der Waals surface area contributed by atoms with Crippen LogP contribution in [0.15, 0.2) is 12.4 Å². The van der Waals surface area contributed by atoms with E-state index in [2.05, 4.69) is 30.3 Å². The van der Waals surface area contributed by atoms with E-state index < -0.39 is 0 Å². The van der Waals surface area contributed by atoms with Crippen LogP contribution in [0, 0.1) is 6.92 Å². The summed E-state index contributed by atoms with van der Waals surface area (Å²) in [6, 6.07) is 1.53. The van der Waals surface area contributed by atoms with Gasteiger partial charge in [0.05, 0.1) is 29.0 Å². The number of nitrogens with one attached hydrogen (secondary N) is 3. The van der Waals surface area contributed by atoms with Gasteiger partial charge in [-0.1, -0.05) is 0 Å². The first kappa shape index (κ1) is 23.1. The highest BCUT2D eigenvalue weighted by molar-refractivity contribution is 7.13. The van der Waals surface area contributed by atoms with Crippen molar-refractivity contribution in [1.82, 2.24) is 34.3 Å². The number of rotatable bonds is 6. The van der Waals surface area contributed by atoms with Gasteiger partial charge in [-0.15, -0.1) is 0 Å². The maximum Gasteiger partial charge on any atom is 0.230 e. The number of hydrogen-bond acceptors (Lipinski definition) is 10. The van der Waals surface area contributed by atoms with Crippen molar-refractivity contribution in [2.24, 2.45) is 0 Å². The van der Waals surface area contributed by atoms with E-state index in [0.29, 0.717) is 18.0 Å². The maximum atomic E-state index is 5.49. The first-order chi connectivity index (χ1) is 17.2.